The van der Waals surface area contributed by atoms with Gasteiger partial charge in [-0.25, -0.2) is 0 Å². The van der Waals surface area contributed by atoms with Crippen molar-refractivity contribution in [2.24, 2.45) is 0 Å². The van der Waals surface area contributed by atoms with Gasteiger partial charge in [-0.05, 0) is 12.4 Å². The van der Waals surface area contributed by atoms with Crippen LogP contribution < -0.4 is 0 Å². The third kappa shape index (κ3) is 8.78. The van der Waals surface area contributed by atoms with Crippen molar-refractivity contribution in [2.45, 2.75) is 6.92 Å². The summed E-state index contributed by atoms with van der Waals surface area (Å²) >= 11 is 0. The first-order valence-electron chi connectivity index (χ1n) is 5.99. The van der Waals surface area contributed by atoms with Crippen LogP contribution in [0.1, 0.15) is 6.92 Å². The van der Waals surface area contributed by atoms with E-state index in [9.17, 15) is 4.79 Å². The monoisotopic (exact) mass is 256 g/mol. The van der Waals surface area contributed by atoms with Gasteiger partial charge in [-0.3, -0.25) is 4.79 Å². The number of amides is 1. The van der Waals surface area contributed by atoms with Gasteiger partial charge in [0.25, 0.3) is 0 Å². The molecule has 0 aromatic heterocycles. The van der Waals surface area contributed by atoms with Crippen molar-refractivity contribution in [3.05, 3.63) is 25.6 Å². The Morgan fingerprint density at radius 2 is 1.61 bits per heavy atom. The molecule has 5 nitrogen and oxygen atoms in total. The number of hydrogen-bond donors (Lipinski definition) is 0. The predicted molar refractivity (Wildman–Crippen MR) is 72.0 cm³/mol. The number of carbonyl (C=O) groups is 1. The molecule has 0 aromatic rings. The highest BCUT2D eigenvalue weighted by atomic mass is 16.5. The number of carbonyl (C=O) groups excluding carboxylic acids is 1. The summed E-state index contributed by atoms with van der Waals surface area (Å²) < 4.78 is 10.7. The second-order valence-corrected chi connectivity index (χ2v) is 3.78. The average molecular weight is 256 g/mol. The molecule has 0 aliphatic carbocycles. The van der Waals surface area contributed by atoms with E-state index in [1.807, 2.05) is 11.9 Å². The molecule has 0 bridgehead atoms. The summed E-state index contributed by atoms with van der Waals surface area (Å²) in [4.78, 5) is 14.5. The zero-order valence-electron chi connectivity index (χ0n) is 11.4. The zero-order valence-corrected chi connectivity index (χ0v) is 11.4. The fourth-order valence-electron chi connectivity index (χ4n) is 1.16. The van der Waals surface area contributed by atoms with Gasteiger partial charge in [0.1, 0.15) is 0 Å². The number of rotatable bonds is 11. The molecule has 0 aromatic carbocycles. The van der Waals surface area contributed by atoms with Crippen LogP contribution in [-0.4, -0.2) is 62.3 Å². The summed E-state index contributed by atoms with van der Waals surface area (Å²) in [5.41, 5.74) is 0. The highest BCUT2D eigenvalue weighted by molar-refractivity contribution is 5.74. The van der Waals surface area contributed by atoms with Crippen LogP contribution in [0.3, 0.4) is 0 Å². The van der Waals surface area contributed by atoms with Gasteiger partial charge >= 0.3 is 0 Å². The Bertz CT molecular complexity index is 257. The van der Waals surface area contributed by atoms with Crippen molar-refractivity contribution in [3.8, 4) is 0 Å². The second kappa shape index (κ2) is 10.8. The Labute approximate surface area is 110 Å². The molecule has 0 saturated carbocycles. The standard InChI is InChI=1S/C13H24N2O3/c1-5-14(4)7-9-17-11-12-18-10-8-15(6-2)13(3)16/h5-6H,1-2,7-12H2,3-4H3. The molecule has 1 amide bonds. The van der Waals surface area contributed by atoms with E-state index in [0.717, 1.165) is 6.54 Å². The number of ether oxygens (including phenoxy) is 2. The number of hydrogen-bond acceptors (Lipinski definition) is 4. The van der Waals surface area contributed by atoms with Crippen LogP contribution in [-0.2, 0) is 14.3 Å². The minimum atomic E-state index is -0.0303. The van der Waals surface area contributed by atoms with E-state index >= 15 is 0 Å². The van der Waals surface area contributed by atoms with Crippen LogP contribution in [0.4, 0.5) is 0 Å². The van der Waals surface area contributed by atoms with Gasteiger partial charge < -0.3 is 19.3 Å². The van der Waals surface area contributed by atoms with Crippen molar-refractivity contribution in [3.63, 3.8) is 0 Å². The third-order valence-corrected chi connectivity index (χ3v) is 2.37. The van der Waals surface area contributed by atoms with Gasteiger partial charge in [0, 0.05) is 27.1 Å². The predicted octanol–water partition coefficient (Wildman–Crippen LogP) is 1.09. The third-order valence-electron chi connectivity index (χ3n) is 2.37. The van der Waals surface area contributed by atoms with Crippen molar-refractivity contribution in [2.75, 3.05) is 46.6 Å². The lowest BCUT2D eigenvalue weighted by Crippen LogP contribution is -2.27. The first-order chi connectivity index (χ1) is 8.61. The van der Waals surface area contributed by atoms with Gasteiger partial charge in [-0.15, -0.1) is 0 Å². The Balaban J connectivity index is 3.33. The molecule has 0 fully saturated rings. The first-order valence-corrected chi connectivity index (χ1v) is 5.99. The van der Waals surface area contributed by atoms with E-state index in [2.05, 4.69) is 13.2 Å². The number of nitrogens with zero attached hydrogens (tertiary/aromatic N) is 2. The van der Waals surface area contributed by atoms with Gasteiger partial charge in [-0.1, -0.05) is 13.2 Å². The fourth-order valence-corrected chi connectivity index (χ4v) is 1.16. The molecule has 0 unspecified atom stereocenters. The molecule has 0 saturated heterocycles. The summed E-state index contributed by atoms with van der Waals surface area (Å²) in [6.07, 6.45) is 3.26. The normalized spacial score (nSPS) is 9.89. The Morgan fingerprint density at radius 1 is 1.06 bits per heavy atom. The minimum Gasteiger partial charge on any atom is -0.379 e. The maximum Gasteiger partial charge on any atom is 0.223 e. The molecule has 0 atom stereocenters. The zero-order chi connectivity index (χ0) is 13.8. The molecule has 104 valence electrons. The van der Waals surface area contributed by atoms with E-state index in [1.54, 1.807) is 6.20 Å². The molecular formula is C13H24N2O3. The molecule has 0 radical (unpaired) electrons. The maximum absolute atomic E-state index is 11.0. The average Bonchev–Trinajstić information content (AvgIpc) is 2.36. The van der Waals surface area contributed by atoms with Crippen molar-refractivity contribution in [1.82, 2.24) is 9.80 Å². The Morgan fingerprint density at radius 3 is 2.06 bits per heavy atom. The van der Waals surface area contributed by atoms with E-state index in [4.69, 9.17) is 9.47 Å². The van der Waals surface area contributed by atoms with E-state index in [-0.39, 0.29) is 5.91 Å². The summed E-state index contributed by atoms with van der Waals surface area (Å²) in [5, 5.41) is 0. The van der Waals surface area contributed by atoms with E-state index in [1.165, 1.54) is 18.0 Å². The van der Waals surface area contributed by atoms with E-state index in [0.29, 0.717) is 33.0 Å². The van der Waals surface area contributed by atoms with Crippen LogP contribution in [0.5, 0.6) is 0 Å². The molecule has 0 spiro atoms. The van der Waals surface area contributed by atoms with Crippen molar-refractivity contribution >= 4 is 5.91 Å². The SMILES string of the molecule is C=CN(C)CCOCCOCCN(C=C)C(C)=O. The topological polar surface area (TPSA) is 42.0 Å². The van der Waals surface area contributed by atoms with Gasteiger partial charge in [0.05, 0.1) is 26.4 Å². The minimum absolute atomic E-state index is 0.0303. The number of likely N-dealkylation sites (N-methyl/N-ethyl adjacent to an activating group) is 1. The first kappa shape index (κ1) is 16.7. The summed E-state index contributed by atoms with van der Waals surface area (Å²) in [6, 6.07) is 0. The molecule has 0 heterocycles. The smallest absolute Gasteiger partial charge is 0.223 e. The largest absolute Gasteiger partial charge is 0.379 e. The highest BCUT2D eigenvalue weighted by Gasteiger charge is 2.02. The maximum atomic E-state index is 11.0. The molecule has 5 heteroatoms. The molecule has 18 heavy (non-hydrogen) atoms. The summed E-state index contributed by atoms with van der Waals surface area (Å²) in [5.74, 6) is -0.0303. The molecule has 0 aliphatic heterocycles. The van der Waals surface area contributed by atoms with Crippen LogP contribution >= 0.6 is 0 Å². The van der Waals surface area contributed by atoms with Crippen LogP contribution in [0, 0.1) is 0 Å². The Kier molecular flexibility index (Phi) is 10.0. The molecular weight excluding hydrogens is 232 g/mol. The second-order valence-electron chi connectivity index (χ2n) is 3.78. The molecule has 0 rings (SSSR count). The van der Waals surface area contributed by atoms with Crippen LogP contribution in [0.2, 0.25) is 0 Å². The van der Waals surface area contributed by atoms with Gasteiger partial charge in [-0.2, -0.15) is 0 Å². The lowest BCUT2D eigenvalue weighted by atomic mass is 10.5. The lowest BCUT2D eigenvalue weighted by Gasteiger charge is -2.16. The fraction of sp³-hybridized carbons (Fsp3) is 0.615. The van der Waals surface area contributed by atoms with Crippen LogP contribution in [0.25, 0.3) is 0 Å². The molecule has 0 N–H and O–H groups in total. The highest BCUT2D eigenvalue weighted by Crippen LogP contribution is 1.90. The Hall–Kier alpha value is -1.33. The van der Waals surface area contributed by atoms with E-state index < -0.39 is 0 Å². The van der Waals surface area contributed by atoms with Crippen molar-refractivity contribution < 1.29 is 14.3 Å². The van der Waals surface area contributed by atoms with Gasteiger partial charge in [0.15, 0.2) is 0 Å². The summed E-state index contributed by atoms with van der Waals surface area (Å²) in [7, 11) is 1.94. The lowest BCUT2D eigenvalue weighted by molar-refractivity contribution is -0.126. The quantitative estimate of drug-likeness (QED) is 0.519. The van der Waals surface area contributed by atoms with Crippen LogP contribution in [0.15, 0.2) is 25.6 Å². The van der Waals surface area contributed by atoms with Crippen molar-refractivity contribution in [1.29, 1.82) is 0 Å². The van der Waals surface area contributed by atoms with Gasteiger partial charge in [0.2, 0.25) is 5.91 Å². The summed E-state index contributed by atoms with van der Waals surface area (Å²) in [6.45, 7) is 12.3. The molecule has 0 aliphatic rings.